The van der Waals surface area contributed by atoms with Crippen molar-refractivity contribution in [3.8, 4) is 0 Å². The maximum Gasteiger partial charge on any atom is 0.207 e. The molecule has 0 saturated heterocycles. The molecule has 24 heavy (non-hydrogen) atoms. The Bertz CT molecular complexity index is 781. The third-order valence-electron chi connectivity index (χ3n) is 3.47. The minimum absolute atomic E-state index is 0.725. The van der Waals surface area contributed by atoms with E-state index < -0.39 is 0 Å². The zero-order chi connectivity index (χ0) is 16.6. The van der Waals surface area contributed by atoms with Crippen molar-refractivity contribution in [1.29, 1.82) is 0 Å². The maximum atomic E-state index is 4.49. The van der Waals surface area contributed by atoms with E-state index in [1.54, 1.807) is 0 Å². The minimum Gasteiger partial charge on any atom is -0.388 e. The van der Waals surface area contributed by atoms with E-state index in [0.717, 1.165) is 35.3 Å². The SMILES string of the molecule is C/C(=C\c1nsc(Nc2ccccc2)n1)NCCc1ccccc1. The fourth-order valence-corrected chi connectivity index (χ4v) is 2.85. The normalized spacial score (nSPS) is 11.3. The number of anilines is 2. The highest BCUT2D eigenvalue weighted by atomic mass is 32.1. The molecule has 1 heterocycles. The Hall–Kier alpha value is -2.66. The molecule has 2 N–H and O–H groups in total. The summed E-state index contributed by atoms with van der Waals surface area (Å²) in [5, 5.41) is 7.46. The molecule has 0 atom stereocenters. The van der Waals surface area contributed by atoms with Crippen LogP contribution in [0.2, 0.25) is 0 Å². The lowest BCUT2D eigenvalue weighted by atomic mass is 10.1. The third-order valence-corrected chi connectivity index (χ3v) is 4.12. The fourth-order valence-electron chi connectivity index (χ4n) is 2.28. The van der Waals surface area contributed by atoms with E-state index in [1.165, 1.54) is 17.1 Å². The lowest BCUT2D eigenvalue weighted by molar-refractivity contribution is 0.792. The molecule has 3 rings (SSSR count). The zero-order valence-corrected chi connectivity index (χ0v) is 14.4. The largest absolute Gasteiger partial charge is 0.388 e. The van der Waals surface area contributed by atoms with Gasteiger partial charge in [0.05, 0.1) is 0 Å². The van der Waals surface area contributed by atoms with Crippen molar-refractivity contribution in [1.82, 2.24) is 14.7 Å². The van der Waals surface area contributed by atoms with Crippen molar-refractivity contribution >= 4 is 28.4 Å². The molecule has 4 nitrogen and oxygen atoms in total. The topological polar surface area (TPSA) is 49.8 Å². The predicted octanol–water partition coefficient (Wildman–Crippen LogP) is 4.47. The van der Waals surface area contributed by atoms with Crippen LogP contribution in [0.5, 0.6) is 0 Å². The van der Waals surface area contributed by atoms with Gasteiger partial charge in [0.1, 0.15) is 0 Å². The second-order valence-electron chi connectivity index (χ2n) is 5.44. The summed E-state index contributed by atoms with van der Waals surface area (Å²) >= 11 is 1.36. The number of nitrogens with zero attached hydrogens (tertiary/aromatic N) is 2. The van der Waals surface area contributed by atoms with Crippen molar-refractivity contribution in [2.24, 2.45) is 0 Å². The van der Waals surface area contributed by atoms with Crippen LogP contribution in [-0.4, -0.2) is 15.9 Å². The number of allylic oxidation sites excluding steroid dienone is 1. The van der Waals surface area contributed by atoms with Gasteiger partial charge < -0.3 is 10.6 Å². The van der Waals surface area contributed by atoms with E-state index in [-0.39, 0.29) is 0 Å². The first-order valence-corrected chi connectivity index (χ1v) is 8.69. The summed E-state index contributed by atoms with van der Waals surface area (Å²) in [6.45, 7) is 2.93. The first kappa shape index (κ1) is 16.2. The van der Waals surface area contributed by atoms with Crippen LogP contribution in [0.15, 0.2) is 66.4 Å². The Balaban J connectivity index is 1.52. The van der Waals surface area contributed by atoms with Gasteiger partial charge in [-0.3, -0.25) is 0 Å². The summed E-state index contributed by atoms with van der Waals surface area (Å²) in [4.78, 5) is 4.49. The zero-order valence-electron chi connectivity index (χ0n) is 13.6. The van der Waals surface area contributed by atoms with Crippen LogP contribution in [0.25, 0.3) is 6.08 Å². The highest BCUT2D eigenvalue weighted by Gasteiger charge is 2.02. The number of aromatic nitrogens is 2. The van der Waals surface area contributed by atoms with Gasteiger partial charge in [0, 0.05) is 35.5 Å². The van der Waals surface area contributed by atoms with Crippen LogP contribution >= 0.6 is 11.5 Å². The first-order valence-electron chi connectivity index (χ1n) is 7.91. The number of nitrogens with one attached hydrogen (secondary N) is 2. The molecule has 0 amide bonds. The maximum absolute atomic E-state index is 4.49. The molecule has 0 aliphatic heterocycles. The number of hydrogen-bond donors (Lipinski definition) is 2. The van der Waals surface area contributed by atoms with Crippen LogP contribution in [0.4, 0.5) is 10.8 Å². The van der Waals surface area contributed by atoms with Gasteiger partial charge in [0.15, 0.2) is 5.82 Å². The number of rotatable bonds is 7. The summed E-state index contributed by atoms with van der Waals surface area (Å²) in [5.74, 6) is 0.725. The molecule has 5 heteroatoms. The molecule has 0 saturated carbocycles. The van der Waals surface area contributed by atoms with E-state index in [2.05, 4.69) is 44.3 Å². The molecular formula is C19H20N4S. The van der Waals surface area contributed by atoms with Crippen molar-refractivity contribution in [3.05, 3.63) is 77.7 Å². The quantitative estimate of drug-likeness (QED) is 0.668. The van der Waals surface area contributed by atoms with E-state index in [1.807, 2.05) is 49.4 Å². The lowest BCUT2D eigenvalue weighted by Gasteiger charge is -2.05. The molecule has 0 spiro atoms. The molecule has 1 aromatic heterocycles. The average molecular weight is 336 g/mol. The Labute approximate surface area is 146 Å². The number of hydrogen-bond acceptors (Lipinski definition) is 5. The van der Waals surface area contributed by atoms with Crippen molar-refractivity contribution in [2.75, 3.05) is 11.9 Å². The predicted molar refractivity (Wildman–Crippen MR) is 101 cm³/mol. The van der Waals surface area contributed by atoms with E-state index in [4.69, 9.17) is 0 Å². The summed E-state index contributed by atoms with van der Waals surface area (Å²) < 4.78 is 4.37. The monoisotopic (exact) mass is 336 g/mol. The Morgan fingerprint density at radius 3 is 2.50 bits per heavy atom. The van der Waals surface area contributed by atoms with E-state index in [0.29, 0.717) is 0 Å². The molecule has 0 bridgehead atoms. The highest BCUT2D eigenvalue weighted by Crippen LogP contribution is 2.18. The molecule has 0 aliphatic rings. The van der Waals surface area contributed by atoms with Crippen LogP contribution in [0, 0.1) is 0 Å². The van der Waals surface area contributed by atoms with Gasteiger partial charge in [-0.05, 0) is 31.0 Å². The van der Waals surface area contributed by atoms with Crippen molar-refractivity contribution in [2.45, 2.75) is 13.3 Å². The second kappa shape index (κ2) is 8.26. The molecule has 0 fully saturated rings. The van der Waals surface area contributed by atoms with Crippen LogP contribution in [0.3, 0.4) is 0 Å². The average Bonchev–Trinajstić information content (AvgIpc) is 3.03. The summed E-state index contributed by atoms with van der Waals surface area (Å²) in [5.41, 5.74) is 3.41. The second-order valence-corrected chi connectivity index (χ2v) is 6.19. The van der Waals surface area contributed by atoms with Gasteiger partial charge in [-0.15, -0.1) is 0 Å². The molecule has 122 valence electrons. The summed E-state index contributed by atoms with van der Waals surface area (Å²) in [6.07, 6.45) is 2.97. The third kappa shape index (κ3) is 4.93. The van der Waals surface area contributed by atoms with E-state index >= 15 is 0 Å². The molecule has 0 aliphatic carbocycles. The molecule has 0 unspecified atom stereocenters. The number of para-hydroxylation sites is 1. The summed E-state index contributed by atoms with van der Waals surface area (Å²) in [7, 11) is 0. The Morgan fingerprint density at radius 2 is 1.75 bits per heavy atom. The Kier molecular flexibility index (Phi) is 5.58. The van der Waals surface area contributed by atoms with Crippen LogP contribution in [-0.2, 0) is 6.42 Å². The van der Waals surface area contributed by atoms with E-state index in [9.17, 15) is 0 Å². The summed E-state index contributed by atoms with van der Waals surface area (Å²) in [6, 6.07) is 20.4. The van der Waals surface area contributed by atoms with Gasteiger partial charge >= 0.3 is 0 Å². The molecule has 2 aromatic carbocycles. The standard InChI is InChI=1S/C19H20N4S/c1-15(20-13-12-16-8-4-2-5-9-16)14-18-22-19(24-23-18)21-17-10-6-3-7-11-17/h2-11,14,20H,12-13H2,1H3,(H,21,22,23)/b15-14+. The van der Waals surface area contributed by atoms with Gasteiger partial charge in [-0.2, -0.15) is 9.36 Å². The van der Waals surface area contributed by atoms with Gasteiger partial charge in [0.25, 0.3) is 0 Å². The lowest BCUT2D eigenvalue weighted by Crippen LogP contribution is -2.14. The van der Waals surface area contributed by atoms with Gasteiger partial charge in [0.2, 0.25) is 5.13 Å². The van der Waals surface area contributed by atoms with Gasteiger partial charge in [-0.25, -0.2) is 0 Å². The Morgan fingerprint density at radius 1 is 1.04 bits per heavy atom. The number of benzene rings is 2. The fraction of sp³-hybridized carbons (Fsp3) is 0.158. The van der Waals surface area contributed by atoms with Crippen LogP contribution < -0.4 is 10.6 Å². The van der Waals surface area contributed by atoms with Gasteiger partial charge in [-0.1, -0.05) is 48.5 Å². The van der Waals surface area contributed by atoms with Crippen LogP contribution in [0.1, 0.15) is 18.3 Å². The first-order chi connectivity index (χ1) is 11.8. The molecular weight excluding hydrogens is 316 g/mol. The van der Waals surface area contributed by atoms with Crippen molar-refractivity contribution in [3.63, 3.8) is 0 Å². The molecule has 0 radical (unpaired) electrons. The smallest absolute Gasteiger partial charge is 0.207 e. The molecule has 3 aromatic rings. The van der Waals surface area contributed by atoms with Crippen molar-refractivity contribution < 1.29 is 0 Å². The minimum atomic E-state index is 0.725. The highest BCUT2D eigenvalue weighted by molar-refractivity contribution is 7.09.